The van der Waals surface area contributed by atoms with Crippen molar-refractivity contribution in [3.63, 3.8) is 0 Å². The normalized spacial score (nSPS) is 10.7. The zero-order valence-electron chi connectivity index (χ0n) is 10.1. The van der Waals surface area contributed by atoms with Crippen molar-refractivity contribution in [3.8, 4) is 0 Å². The molecule has 0 saturated carbocycles. The number of fused-ring (bicyclic) bond motifs is 1. The van der Waals surface area contributed by atoms with E-state index in [0.717, 1.165) is 16.5 Å². The number of carbonyl (C=O) groups is 1. The number of ether oxygens (including phenoxy) is 1. The van der Waals surface area contributed by atoms with Gasteiger partial charge in [0.15, 0.2) is 0 Å². The van der Waals surface area contributed by atoms with E-state index in [4.69, 9.17) is 4.74 Å². The smallest absolute Gasteiger partial charge is 0.206 e. The minimum absolute atomic E-state index is 0.0688. The molecule has 2 rings (SSSR count). The molecular weight excluding hydrogens is 214 g/mol. The molecule has 1 heterocycles. The van der Waals surface area contributed by atoms with E-state index in [1.165, 1.54) is 0 Å². The van der Waals surface area contributed by atoms with Crippen molar-refractivity contribution in [3.05, 3.63) is 41.6 Å². The maximum atomic E-state index is 11.8. The summed E-state index contributed by atoms with van der Waals surface area (Å²) in [4.78, 5) is 16.2. The van der Waals surface area contributed by atoms with Gasteiger partial charge in [-0.1, -0.05) is 18.2 Å². The van der Waals surface area contributed by atoms with Gasteiger partial charge in [-0.25, -0.2) is 4.98 Å². The summed E-state index contributed by atoms with van der Waals surface area (Å²) in [5.74, 6) is -0.0688. The average molecular weight is 229 g/mol. The van der Waals surface area contributed by atoms with Gasteiger partial charge in [0.1, 0.15) is 12.3 Å². The van der Waals surface area contributed by atoms with Crippen molar-refractivity contribution in [2.75, 3.05) is 13.2 Å². The van der Waals surface area contributed by atoms with Gasteiger partial charge >= 0.3 is 0 Å². The highest BCUT2D eigenvalue weighted by molar-refractivity contribution is 5.98. The zero-order chi connectivity index (χ0) is 12.3. The highest BCUT2D eigenvalue weighted by Gasteiger charge is 2.09. The first-order chi connectivity index (χ1) is 8.22. The number of benzene rings is 1. The second-order valence-corrected chi connectivity index (χ2v) is 3.90. The summed E-state index contributed by atoms with van der Waals surface area (Å²) in [6.07, 6.45) is 0. The quantitative estimate of drug-likeness (QED) is 0.757. The van der Waals surface area contributed by atoms with Crippen LogP contribution in [0.15, 0.2) is 30.3 Å². The molecule has 0 aliphatic rings. The number of aromatic nitrogens is 1. The van der Waals surface area contributed by atoms with Crippen molar-refractivity contribution in [2.45, 2.75) is 13.8 Å². The molecule has 0 saturated heterocycles. The lowest BCUT2D eigenvalue weighted by atomic mass is 10.1. The number of rotatable bonds is 4. The summed E-state index contributed by atoms with van der Waals surface area (Å²) in [6.45, 7) is 4.49. The van der Waals surface area contributed by atoms with E-state index in [9.17, 15) is 4.79 Å². The molecule has 0 radical (unpaired) electrons. The fraction of sp³-hybridized carbons (Fsp3) is 0.286. The molecule has 0 unspecified atom stereocenters. The summed E-state index contributed by atoms with van der Waals surface area (Å²) in [5.41, 5.74) is 2.40. The Morgan fingerprint density at radius 3 is 2.88 bits per heavy atom. The molecule has 0 amide bonds. The zero-order valence-corrected chi connectivity index (χ0v) is 10.1. The Balaban J connectivity index is 2.39. The summed E-state index contributed by atoms with van der Waals surface area (Å²) in [7, 11) is 0. The highest BCUT2D eigenvalue weighted by Crippen LogP contribution is 2.17. The van der Waals surface area contributed by atoms with Gasteiger partial charge in [0.25, 0.3) is 0 Å². The molecule has 88 valence electrons. The van der Waals surface area contributed by atoms with Crippen LogP contribution in [0.3, 0.4) is 0 Å². The second kappa shape index (κ2) is 5.06. The number of pyridine rings is 1. The fourth-order valence-corrected chi connectivity index (χ4v) is 1.76. The van der Waals surface area contributed by atoms with Crippen molar-refractivity contribution in [1.29, 1.82) is 0 Å². The van der Waals surface area contributed by atoms with Gasteiger partial charge in [-0.05, 0) is 31.5 Å². The fourth-order valence-electron chi connectivity index (χ4n) is 1.76. The topological polar surface area (TPSA) is 39.2 Å². The van der Waals surface area contributed by atoms with E-state index < -0.39 is 0 Å². The van der Waals surface area contributed by atoms with E-state index in [0.29, 0.717) is 12.3 Å². The van der Waals surface area contributed by atoms with Crippen LogP contribution < -0.4 is 0 Å². The summed E-state index contributed by atoms with van der Waals surface area (Å²) in [6, 6.07) is 9.64. The lowest BCUT2D eigenvalue weighted by Gasteiger charge is -2.05. The van der Waals surface area contributed by atoms with Crippen LogP contribution in [0.4, 0.5) is 0 Å². The molecule has 3 heteroatoms. The molecular formula is C14H15NO2. The van der Waals surface area contributed by atoms with Crippen LogP contribution in [0, 0.1) is 6.92 Å². The molecule has 0 N–H and O–H groups in total. The number of Topliss-reactive ketones (excluding diaryl/α,β-unsaturated/α-hetero) is 1. The third-order valence-corrected chi connectivity index (χ3v) is 2.65. The molecule has 3 nitrogen and oxygen atoms in total. The van der Waals surface area contributed by atoms with E-state index in [1.54, 1.807) is 0 Å². The van der Waals surface area contributed by atoms with E-state index in [-0.39, 0.29) is 12.4 Å². The first-order valence-electron chi connectivity index (χ1n) is 5.69. The van der Waals surface area contributed by atoms with Crippen LogP contribution in [0.25, 0.3) is 10.9 Å². The maximum Gasteiger partial charge on any atom is 0.206 e. The van der Waals surface area contributed by atoms with Gasteiger partial charge < -0.3 is 4.74 Å². The average Bonchev–Trinajstić information content (AvgIpc) is 2.36. The Kier molecular flexibility index (Phi) is 3.49. The van der Waals surface area contributed by atoms with Crippen LogP contribution in [0.2, 0.25) is 0 Å². The van der Waals surface area contributed by atoms with Crippen molar-refractivity contribution in [1.82, 2.24) is 4.98 Å². The molecule has 1 aromatic carbocycles. The first kappa shape index (κ1) is 11.7. The predicted molar refractivity (Wildman–Crippen MR) is 67.3 cm³/mol. The Hall–Kier alpha value is -1.74. The van der Waals surface area contributed by atoms with Gasteiger partial charge in [-0.3, -0.25) is 4.79 Å². The van der Waals surface area contributed by atoms with E-state index in [2.05, 4.69) is 4.98 Å². The number of hydrogen-bond donors (Lipinski definition) is 0. The SMILES string of the molecule is CCOCC(=O)c1cc(C)c2ccccc2n1. The Morgan fingerprint density at radius 1 is 1.35 bits per heavy atom. The largest absolute Gasteiger partial charge is 0.374 e. The standard InChI is InChI=1S/C14H15NO2/c1-3-17-9-14(16)13-8-10(2)11-6-4-5-7-12(11)15-13/h4-8H,3,9H2,1-2H3. The van der Waals surface area contributed by atoms with Gasteiger partial charge in [0.05, 0.1) is 5.52 Å². The Bertz CT molecular complexity index is 549. The van der Waals surface area contributed by atoms with Crippen LogP contribution in [0.1, 0.15) is 23.0 Å². The molecule has 0 fully saturated rings. The second-order valence-electron chi connectivity index (χ2n) is 3.90. The molecule has 2 aromatic rings. The number of hydrogen-bond acceptors (Lipinski definition) is 3. The van der Waals surface area contributed by atoms with Crippen LogP contribution in [-0.4, -0.2) is 24.0 Å². The van der Waals surface area contributed by atoms with E-state index >= 15 is 0 Å². The van der Waals surface area contributed by atoms with Gasteiger partial charge in [0.2, 0.25) is 5.78 Å². The van der Waals surface area contributed by atoms with Crippen molar-refractivity contribution >= 4 is 16.7 Å². The third-order valence-electron chi connectivity index (χ3n) is 2.65. The van der Waals surface area contributed by atoms with E-state index in [1.807, 2.05) is 44.2 Å². The Labute approximate surface area is 100 Å². The number of aryl methyl sites for hydroxylation is 1. The van der Waals surface area contributed by atoms with Crippen molar-refractivity contribution < 1.29 is 9.53 Å². The monoisotopic (exact) mass is 229 g/mol. The van der Waals surface area contributed by atoms with Crippen LogP contribution >= 0.6 is 0 Å². The summed E-state index contributed by atoms with van der Waals surface area (Å²) in [5, 5.41) is 1.08. The summed E-state index contributed by atoms with van der Waals surface area (Å²) >= 11 is 0. The molecule has 17 heavy (non-hydrogen) atoms. The van der Waals surface area contributed by atoms with Crippen molar-refractivity contribution in [2.24, 2.45) is 0 Å². The molecule has 0 atom stereocenters. The Morgan fingerprint density at radius 2 is 2.12 bits per heavy atom. The number of nitrogens with zero attached hydrogens (tertiary/aromatic N) is 1. The molecule has 0 spiro atoms. The first-order valence-corrected chi connectivity index (χ1v) is 5.69. The number of para-hydroxylation sites is 1. The minimum atomic E-state index is -0.0688. The maximum absolute atomic E-state index is 11.8. The molecule has 0 aliphatic carbocycles. The lowest BCUT2D eigenvalue weighted by Crippen LogP contribution is -2.11. The summed E-state index contributed by atoms with van der Waals surface area (Å²) < 4.78 is 5.11. The van der Waals surface area contributed by atoms with Gasteiger partial charge in [0, 0.05) is 12.0 Å². The molecule has 0 aliphatic heterocycles. The van der Waals surface area contributed by atoms with Crippen LogP contribution in [-0.2, 0) is 4.74 Å². The minimum Gasteiger partial charge on any atom is -0.374 e. The number of carbonyl (C=O) groups excluding carboxylic acids is 1. The lowest BCUT2D eigenvalue weighted by molar-refractivity contribution is 0.0778. The van der Waals surface area contributed by atoms with Gasteiger partial charge in [-0.2, -0.15) is 0 Å². The van der Waals surface area contributed by atoms with Gasteiger partial charge in [-0.15, -0.1) is 0 Å². The van der Waals surface area contributed by atoms with Crippen LogP contribution in [0.5, 0.6) is 0 Å². The number of ketones is 1. The third kappa shape index (κ3) is 2.50. The molecule has 1 aromatic heterocycles. The highest BCUT2D eigenvalue weighted by atomic mass is 16.5. The molecule has 0 bridgehead atoms. The predicted octanol–water partition coefficient (Wildman–Crippen LogP) is 2.76.